The predicted molar refractivity (Wildman–Crippen MR) is 94.9 cm³/mol. The van der Waals surface area contributed by atoms with Gasteiger partial charge in [0.05, 0.1) is 12.2 Å². The van der Waals surface area contributed by atoms with Gasteiger partial charge >= 0.3 is 0 Å². The molecule has 2 atom stereocenters. The minimum atomic E-state index is 0.180. The molecule has 2 unspecified atom stereocenters. The fraction of sp³-hybridized carbons (Fsp3) is 0.500. The smallest absolute Gasteiger partial charge is 0.158 e. The Morgan fingerprint density at radius 3 is 2.40 bits per heavy atom. The number of aryl methyl sites for hydroxylation is 2. The lowest BCUT2D eigenvalue weighted by Gasteiger charge is -2.37. The molecular formula is C18H23N5O2. The summed E-state index contributed by atoms with van der Waals surface area (Å²) in [6.45, 7) is 11.9. The Kier molecular flexibility index (Phi) is 3.76. The normalized spacial score (nSPS) is 21.2. The summed E-state index contributed by atoms with van der Waals surface area (Å²) in [6.07, 6.45) is 0.361. The van der Waals surface area contributed by atoms with Gasteiger partial charge in [-0.15, -0.1) is 0 Å². The Labute approximate surface area is 146 Å². The highest BCUT2D eigenvalue weighted by molar-refractivity contribution is 5.65. The molecule has 0 aliphatic carbocycles. The summed E-state index contributed by atoms with van der Waals surface area (Å²) in [5, 5.41) is 8.85. The number of aromatic nitrogens is 4. The first-order valence-corrected chi connectivity index (χ1v) is 8.63. The largest absolute Gasteiger partial charge is 0.372 e. The zero-order valence-electron chi connectivity index (χ0n) is 15.3. The van der Waals surface area contributed by atoms with Gasteiger partial charge in [0.1, 0.15) is 23.0 Å². The molecule has 4 rings (SSSR count). The van der Waals surface area contributed by atoms with Gasteiger partial charge in [-0.1, -0.05) is 5.16 Å². The Morgan fingerprint density at radius 1 is 1.04 bits per heavy atom. The van der Waals surface area contributed by atoms with Crippen molar-refractivity contribution in [2.24, 2.45) is 0 Å². The average Bonchev–Trinajstić information content (AvgIpc) is 3.13. The third-order valence-electron chi connectivity index (χ3n) is 4.66. The molecule has 25 heavy (non-hydrogen) atoms. The van der Waals surface area contributed by atoms with E-state index in [1.54, 1.807) is 0 Å². The van der Waals surface area contributed by atoms with Crippen molar-refractivity contribution in [2.45, 2.75) is 46.8 Å². The van der Waals surface area contributed by atoms with Gasteiger partial charge in [-0.25, -0.2) is 4.98 Å². The molecule has 7 heteroatoms. The lowest BCUT2D eigenvalue weighted by atomic mass is 10.2. The van der Waals surface area contributed by atoms with Gasteiger partial charge < -0.3 is 14.2 Å². The number of ether oxygens (including phenoxy) is 1. The fourth-order valence-corrected chi connectivity index (χ4v) is 3.52. The van der Waals surface area contributed by atoms with Crippen molar-refractivity contribution < 1.29 is 9.26 Å². The third-order valence-corrected chi connectivity index (χ3v) is 4.66. The highest BCUT2D eigenvalue weighted by Gasteiger charge is 2.27. The topological polar surface area (TPSA) is 68.7 Å². The van der Waals surface area contributed by atoms with Gasteiger partial charge in [0.15, 0.2) is 5.65 Å². The number of nitrogens with zero attached hydrogens (tertiary/aromatic N) is 5. The molecule has 0 saturated carbocycles. The molecular weight excluding hydrogens is 318 g/mol. The van der Waals surface area contributed by atoms with E-state index in [1.807, 2.05) is 30.5 Å². The monoisotopic (exact) mass is 341 g/mol. The molecule has 0 bridgehead atoms. The molecule has 1 aliphatic rings. The maximum Gasteiger partial charge on any atom is 0.158 e. The maximum absolute atomic E-state index is 5.89. The molecule has 1 fully saturated rings. The van der Waals surface area contributed by atoms with Gasteiger partial charge in [0.25, 0.3) is 0 Å². The van der Waals surface area contributed by atoms with Crippen molar-refractivity contribution >= 4 is 11.5 Å². The van der Waals surface area contributed by atoms with Crippen molar-refractivity contribution in [1.82, 2.24) is 19.8 Å². The molecule has 3 aromatic heterocycles. The van der Waals surface area contributed by atoms with E-state index in [-0.39, 0.29) is 12.2 Å². The first-order chi connectivity index (χ1) is 11.9. The van der Waals surface area contributed by atoms with Crippen LogP contribution >= 0.6 is 0 Å². The van der Waals surface area contributed by atoms with Crippen LogP contribution in [0.5, 0.6) is 0 Å². The standard InChI is InChI=1S/C18H23N5O2/c1-10-6-16(21-25-10)15-7-17-19-14(5)13(4)18(23(17)20-15)22-8-11(2)24-12(3)9-22/h6-7,11-12H,8-9H2,1-5H3. The molecule has 0 spiro atoms. The molecule has 1 saturated heterocycles. The van der Waals surface area contributed by atoms with E-state index in [1.165, 1.54) is 0 Å². The molecule has 0 N–H and O–H groups in total. The zero-order chi connectivity index (χ0) is 17.7. The van der Waals surface area contributed by atoms with E-state index < -0.39 is 0 Å². The van der Waals surface area contributed by atoms with Crippen LogP contribution < -0.4 is 4.90 Å². The highest BCUT2D eigenvalue weighted by Crippen LogP contribution is 2.28. The minimum Gasteiger partial charge on any atom is -0.372 e. The van der Waals surface area contributed by atoms with Gasteiger partial charge in [0, 0.05) is 36.5 Å². The van der Waals surface area contributed by atoms with Crippen LogP contribution in [0, 0.1) is 20.8 Å². The molecule has 0 aromatic carbocycles. The molecule has 7 nitrogen and oxygen atoms in total. The summed E-state index contributed by atoms with van der Waals surface area (Å²) >= 11 is 0. The van der Waals surface area contributed by atoms with Crippen molar-refractivity contribution in [3.05, 3.63) is 29.2 Å². The second-order valence-electron chi connectivity index (χ2n) is 6.93. The van der Waals surface area contributed by atoms with Crippen molar-refractivity contribution in [3.8, 4) is 11.4 Å². The summed E-state index contributed by atoms with van der Waals surface area (Å²) in [5.41, 5.74) is 4.47. The lowest BCUT2D eigenvalue weighted by Crippen LogP contribution is -2.46. The predicted octanol–water partition coefficient (Wildman–Crippen LogP) is 2.92. The number of morpholine rings is 1. The number of rotatable bonds is 2. The number of hydrogen-bond acceptors (Lipinski definition) is 6. The van der Waals surface area contributed by atoms with Crippen molar-refractivity contribution in [3.63, 3.8) is 0 Å². The van der Waals surface area contributed by atoms with Gasteiger partial charge in [-0.05, 0) is 34.6 Å². The Bertz CT molecular complexity index is 919. The highest BCUT2D eigenvalue weighted by atomic mass is 16.5. The fourth-order valence-electron chi connectivity index (χ4n) is 3.52. The van der Waals surface area contributed by atoms with E-state index in [4.69, 9.17) is 19.3 Å². The van der Waals surface area contributed by atoms with E-state index >= 15 is 0 Å². The van der Waals surface area contributed by atoms with Crippen LogP contribution in [-0.4, -0.2) is 45.1 Å². The van der Waals surface area contributed by atoms with Gasteiger partial charge in [-0.2, -0.15) is 9.61 Å². The summed E-state index contributed by atoms with van der Waals surface area (Å²) < 4.78 is 13.0. The maximum atomic E-state index is 5.89. The summed E-state index contributed by atoms with van der Waals surface area (Å²) in [5.74, 6) is 1.85. The van der Waals surface area contributed by atoms with Crippen LogP contribution in [0.2, 0.25) is 0 Å². The SMILES string of the molecule is Cc1cc(-c2cc3nc(C)c(C)c(N4CC(C)OC(C)C4)n3n2)no1. The van der Waals surface area contributed by atoms with Crippen LogP contribution in [0.1, 0.15) is 30.9 Å². The zero-order valence-corrected chi connectivity index (χ0v) is 15.3. The van der Waals surface area contributed by atoms with Crippen LogP contribution in [0.15, 0.2) is 16.7 Å². The van der Waals surface area contributed by atoms with E-state index in [2.05, 4.69) is 30.8 Å². The van der Waals surface area contributed by atoms with Crippen molar-refractivity contribution in [1.29, 1.82) is 0 Å². The Hall–Kier alpha value is -2.41. The quantitative estimate of drug-likeness (QED) is 0.714. The van der Waals surface area contributed by atoms with Crippen molar-refractivity contribution in [2.75, 3.05) is 18.0 Å². The molecule has 132 valence electrons. The first-order valence-electron chi connectivity index (χ1n) is 8.63. The lowest BCUT2D eigenvalue weighted by molar-refractivity contribution is -0.00561. The average molecular weight is 341 g/mol. The van der Waals surface area contributed by atoms with E-state index in [0.717, 1.165) is 53.0 Å². The second-order valence-corrected chi connectivity index (χ2v) is 6.93. The van der Waals surface area contributed by atoms with E-state index in [9.17, 15) is 0 Å². The first kappa shape index (κ1) is 16.1. The van der Waals surface area contributed by atoms with Gasteiger partial charge in [0.2, 0.25) is 0 Å². The van der Waals surface area contributed by atoms with Crippen LogP contribution in [0.4, 0.5) is 5.82 Å². The number of anilines is 1. The Balaban J connectivity index is 1.87. The van der Waals surface area contributed by atoms with Crippen LogP contribution in [0.25, 0.3) is 17.0 Å². The molecule has 0 amide bonds. The van der Waals surface area contributed by atoms with Crippen LogP contribution in [-0.2, 0) is 4.74 Å². The summed E-state index contributed by atoms with van der Waals surface area (Å²) in [4.78, 5) is 7.05. The third kappa shape index (κ3) is 2.78. The molecule has 1 aliphatic heterocycles. The van der Waals surface area contributed by atoms with E-state index in [0.29, 0.717) is 0 Å². The second kappa shape index (κ2) is 5.84. The molecule has 0 radical (unpaired) electrons. The minimum absolute atomic E-state index is 0.180. The molecule has 3 aromatic rings. The van der Waals surface area contributed by atoms with Gasteiger partial charge in [-0.3, -0.25) is 0 Å². The number of hydrogen-bond donors (Lipinski definition) is 0. The number of fused-ring (bicyclic) bond motifs is 1. The summed E-state index contributed by atoms with van der Waals surface area (Å²) in [7, 11) is 0. The summed E-state index contributed by atoms with van der Waals surface area (Å²) in [6, 6.07) is 3.85. The van der Waals surface area contributed by atoms with Crippen LogP contribution in [0.3, 0.4) is 0 Å². The Morgan fingerprint density at radius 2 is 1.76 bits per heavy atom. The molecule has 4 heterocycles.